The lowest BCUT2D eigenvalue weighted by Crippen LogP contribution is -2.38. The van der Waals surface area contributed by atoms with Crippen LogP contribution in [0.4, 0.5) is 0 Å². The highest BCUT2D eigenvalue weighted by Gasteiger charge is 2.41. The third kappa shape index (κ3) is 2.17. The van der Waals surface area contributed by atoms with Crippen molar-refractivity contribution in [2.75, 3.05) is 0 Å². The molecule has 2 aromatic heterocycles. The van der Waals surface area contributed by atoms with Crippen molar-refractivity contribution in [3.63, 3.8) is 0 Å². The van der Waals surface area contributed by atoms with E-state index in [-0.39, 0.29) is 0 Å². The number of carboxylic acid groups (broad SMARTS) is 1. The number of aliphatic carboxylic acids is 1. The summed E-state index contributed by atoms with van der Waals surface area (Å²) in [5.74, 6) is -0.212. The van der Waals surface area contributed by atoms with Crippen molar-refractivity contribution in [3.8, 4) is 11.4 Å². The molecule has 3 rings (SSSR count). The van der Waals surface area contributed by atoms with E-state index in [0.29, 0.717) is 25.2 Å². The van der Waals surface area contributed by atoms with Gasteiger partial charge >= 0.3 is 5.97 Å². The van der Waals surface area contributed by atoms with Gasteiger partial charge in [-0.3, -0.25) is 9.89 Å². The van der Waals surface area contributed by atoms with E-state index in [1.54, 1.807) is 17.1 Å². The molecule has 2 heterocycles. The molecule has 0 spiro atoms. The number of carbonyl (C=O) groups is 1. The van der Waals surface area contributed by atoms with Gasteiger partial charge in [-0.15, -0.1) is 5.10 Å². The summed E-state index contributed by atoms with van der Waals surface area (Å²) >= 11 is 0. The average Bonchev–Trinajstić information content (AvgIpc) is 3.10. The molecule has 106 valence electrons. The Balaban J connectivity index is 1.90. The summed E-state index contributed by atoms with van der Waals surface area (Å²) in [5, 5.41) is 27.8. The van der Waals surface area contributed by atoms with Crippen molar-refractivity contribution in [1.29, 1.82) is 0 Å². The lowest BCUT2D eigenvalue weighted by atomic mass is 9.74. The number of tetrazole rings is 1. The van der Waals surface area contributed by atoms with Gasteiger partial charge in [0.25, 0.3) is 0 Å². The van der Waals surface area contributed by atoms with E-state index >= 15 is 0 Å². The van der Waals surface area contributed by atoms with E-state index in [0.717, 1.165) is 24.8 Å². The third-order valence-electron chi connectivity index (χ3n) is 4.01. The van der Waals surface area contributed by atoms with Crippen LogP contribution in [0.25, 0.3) is 11.4 Å². The van der Waals surface area contributed by atoms with Crippen molar-refractivity contribution in [3.05, 3.63) is 12.4 Å². The highest BCUT2D eigenvalue weighted by atomic mass is 16.4. The second-order valence-electron chi connectivity index (χ2n) is 5.29. The number of hydrogen-bond acceptors (Lipinski definition) is 5. The Kier molecular flexibility index (Phi) is 3.21. The molecular formula is C12H16N6O2. The maximum atomic E-state index is 11.7. The number of aromatic amines is 1. The number of hydrogen-bond donors (Lipinski definition) is 2. The van der Waals surface area contributed by atoms with Crippen molar-refractivity contribution >= 4 is 5.97 Å². The largest absolute Gasteiger partial charge is 0.481 e. The average molecular weight is 276 g/mol. The second kappa shape index (κ2) is 5.03. The van der Waals surface area contributed by atoms with Crippen LogP contribution in [-0.4, -0.2) is 41.5 Å². The van der Waals surface area contributed by atoms with Gasteiger partial charge in [0.15, 0.2) is 5.82 Å². The molecule has 2 N–H and O–H groups in total. The molecule has 1 saturated carbocycles. The topological polar surface area (TPSA) is 110 Å². The van der Waals surface area contributed by atoms with Gasteiger partial charge in [0, 0.05) is 6.20 Å². The zero-order valence-corrected chi connectivity index (χ0v) is 11.0. The third-order valence-corrected chi connectivity index (χ3v) is 4.01. The van der Waals surface area contributed by atoms with Crippen LogP contribution in [0, 0.1) is 5.41 Å². The molecule has 0 bridgehead atoms. The summed E-state index contributed by atoms with van der Waals surface area (Å²) in [5.41, 5.74) is -0.00194. The first-order chi connectivity index (χ1) is 9.71. The fraction of sp³-hybridized carbons (Fsp3) is 0.583. The van der Waals surface area contributed by atoms with Gasteiger partial charge < -0.3 is 5.11 Å². The molecule has 8 heteroatoms. The zero-order valence-electron chi connectivity index (χ0n) is 11.0. The Hall–Kier alpha value is -2.25. The second-order valence-corrected chi connectivity index (χ2v) is 5.29. The van der Waals surface area contributed by atoms with Crippen molar-refractivity contribution in [2.24, 2.45) is 5.41 Å². The van der Waals surface area contributed by atoms with Gasteiger partial charge in [0.2, 0.25) is 0 Å². The molecule has 0 aliphatic heterocycles. The highest BCUT2D eigenvalue weighted by molar-refractivity contribution is 5.74. The molecule has 8 nitrogen and oxygen atoms in total. The van der Waals surface area contributed by atoms with Gasteiger partial charge in [-0.25, -0.2) is 4.68 Å². The Morgan fingerprint density at radius 1 is 1.40 bits per heavy atom. The summed E-state index contributed by atoms with van der Waals surface area (Å²) in [6.45, 7) is 0.301. The molecule has 0 unspecified atom stereocenters. The van der Waals surface area contributed by atoms with E-state index in [9.17, 15) is 9.90 Å². The van der Waals surface area contributed by atoms with Crippen LogP contribution in [0.1, 0.15) is 32.1 Å². The lowest BCUT2D eigenvalue weighted by molar-refractivity contribution is -0.152. The molecule has 1 fully saturated rings. The SMILES string of the molecule is O=C(O)C1(Cn2nnnc2-c2cn[nH]c2)CCCCC1. The van der Waals surface area contributed by atoms with Crippen molar-refractivity contribution in [1.82, 2.24) is 30.4 Å². The van der Waals surface area contributed by atoms with Gasteiger partial charge in [-0.05, 0) is 23.3 Å². The first-order valence-electron chi connectivity index (χ1n) is 6.70. The molecule has 1 aliphatic carbocycles. The Morgan fingerprint density at radius 2 is 2.20 bits per heavy atom. The van der Waals surface area contributed by atoms with Gasteiger partial charge in [-0.2, -0.15) is 5.10 Å². The molecule has 0 atom stereocenters. The predicted octanol–water partition coefficient (Wildman–Crippen LogP) is 1.10. The number of nitrogens with one attached hydrogen (secondary N) is 1. The number of H-pyrrole nitrogens is 1. The Morgan fingerprint density at radius 3 is 2.85 bits per heavy atom. The monoisotopic (exact) mass is 276 g/mol. The molecule has 1 aliphatic rings. The summed E-state index contributed by atoms with van der Waals surface area (Å²) in [7, 11) is 0. The fourth-order valence-corrected chi connectivity index (χ4v) is 2.85. The fourth-order valence-electron chi connectivity index (χ4n) is 2.85. The number of rotatable bonds is 4. The molecule has 0 aromatic carbocycles. The molecular weight excluding hydrogens is 260 g/mol. The number of nitrogens with zero attached hydrogens (tertiary/aromatic N) is 5. The minimum Gasteiger partial charge on any atom is -0.481 e. The van der Waals surface area contributed by atoms with Crippen molar-refractivity contribution < 1.29 is 9.90 Å². The van der Waals surface area contributed by atoms with Crippen LogP contribution in [0.2, 0.25) is 0 Å². The first kappa shape index (κ1) is 12.8. The maximum Gasteiger partial charge on any atom is 0.311 e. The smallest absolute Gasteiger partial charge is 0.311 e. The van der Waals surface area contributed by atoms with E-state index < -0.39 is 11.4 Å². The van der Waals surface area contributed by atoms with Gasteiger partial charge in [0.05, 0.1) is 23.7 Å². The molecule has 0 radical (unpaired) electrons. The normalized spacial score (nSPS) is 18.0. The maximum absolute atomic E-state index is 11.7. The highest BCUT2D eigenvalue weighted by Crippen LogP contribution is 2.38. The Labute approximate surface area is 115 Å². The van der Waals surface area contributed by atoms with Gasteiger partial charge in [-0.1, -0.05) is 19.3 Å². The summed E-state index contributed by atoms with van der Waals surface area (Å²) in [4.78, 5) is 11.7. The molecule has 0 saturated heterocycles. The van der Waals surface area contributed by atoms with E-state index in [1.807, 2.05) is 0 Å². The Bertz CT molecular complexity index is 585. The van der Waals surface area contributed by atoms with Gasteiger partial charge in [0.1, 0.15) is 0 Å². The molecule has 2 aromatic rings. The summed E-state index contributed by atoms with van der Waals surface area (Å²) in [6, 6.07) is 0. The van der Waals surface area contributed by atoms with Crippen LogP contribution in [0.15, 0.2) is 12.4 Å². The zero-order chi connectivity index (χ0) is 14.0. The van der Waals surface area contributed by atoms with Crippen LogP contribution in [0.5, 0.6) is 0 Å². The predicted molar refractivity (Wildman–Crippen MR) is 68.6 cm³/mol. The summed E-state index contributed by atoms with van der Waals surface area (Å²) < 4.78 is 1.57. The lowest BCUT2D eigenvalue weighted by Gasteiger charge is -2.32. The molecule has 20 heavy (non-hydrogen) atoms. The minimum absolute atomic E-state index is 0.301. The standard InChI is InChI=1S/C12H16N6O2/c19-11(20)12(4-2-1-3-5-12)8-18-10(15-16-17-18)9-6-13-14-7-9/h6-7H,1-5,8H2,(H,13,14)(H,19,20). The quantitative estimate of drug-likeness (QED) is 0.865. The van der Waals surface area contributed by atoms with Crippen LogP contribution in [-0.2, 0) is 11.3 Å². The number of aromatic nitrogens is 6. The molecule has 0 amide bonds. The number of carboxylic acids is 1. The van der Waals surface area contributed by atoms with E-state index in [2.05, 4.69) is 25.7 Å². The van der Waals surface area contributed by atoms with Crippen LogP contribution < -0.4 is 0 Å². The van der Waals surface area contributed by atoms with E-state index in [4.69, 9.17) is 0 Å². The van der Waals surface area contributed by atoms with E-state index in [1.165, 1.54) is 0 Å². The minimum atomic E-state index is -0.758. The summed E-state index contributed by atoms with van der Waals surface area (Å²) in [6.07, 6.45) is 7.64. The van der Waals surface area contributed by atoms with Crippen LogP contribution in [0.3, 0.4) is 0 Å². The van der Waals surface area contributed by atoms with Crippen molar-refractivity contribution in [2.45, 2.75) is 38.6 Å². The van der Waals surface area contributed by atoms with Crippen LogP contribution >= 0.6 is 0 Å². The first-order valence-corrected chi connectivity index (χ1v) is 6.70.